The minimum atomic E-state index is -1.37. The van der Waals surface area contributed by atoms with Crippen molar-refractivity contribution in [2.75, 3.05) is 33.1 Å². The summed E-state index contributed by atoms with van der Waals surface area (Å²) in [6, 6.07) is 9.54. The number of para-hydroxylation sites is 1. The molecule has 8 nitrogen and oxygen atoms in total. The molecular formula is C20H20BrN3O5. The summed E-state index contributed by atoms with van der Waals surface area (Å²) in [5, 5.41) is 15.2. The molecule has 0 bridgehead atoms. The van der Waals surface area contributed by atoms with Crippen LogP contribution < -0.4 is 14.8 Å². The van der Waals surface area contributed by atoms with Crippen molar-refractivity contribution < 1.29 is 19.2 Å². The molecule has 4 rings (SSSR count). The number of rotatable bonds is 4. The molecule has 9 heteroatoms. The smallest absolute Gasteiger partial charge is 0.256 e. The van der Waals surface area contributed by atoms with Crippen molar-refractivity contribution in [1.82, 2.24) is 4.90 Å². The quantitative estimate of drug-likeness (QED) is 0.555. The predicted octanol–water partition coefficient (Wildman–Crippen LogP) is 2.99. The number of methoxy groups -OCH3 is 2. The van der Waals surface area contributed by atoms with E-state index in [-0.39, 0.29) is 10.8 Å². The molecule has 1 saturated heterocycles. The van der Waals surface area contributed by atoms with Crippen LogP contribution in [-0.2, 0) is 10.3 Å². The minimum Gasteiger partial charge on any atom is -0.493 e. The van der Waals surface area contributed by atoms with Gasteiger partial charge in [0.15, 0.2) is 17.0 Å². The fourth-order valence-electron chi connectivity index (χ4n) is 4.73. The maximum Gasteiger partial charge on any atom is 0.256 e. The molecule has 29 heavy (non-hydrogen) atoms. The number of likely N-dealkylation sites (N-methyl/N-ethyl adjacent to an activating group) is 1. The molecule has 0 unspecified atom stereocenters. The van der Waals surface area contributed by atoms with Gasteiger partial charge in [-0.3, -0.25) is 19.8 Å². The Bertz CT molecular complexity index is 1010. The number of carbonyl (C=O) groups excluding carboxylic acids is 1. The summed E-state index contributed by atoms with van der Waals surface area (Å²) in [4.78, 5) is 26.9. The van der Waals surface area contributed by atoms with Crippen LogP contribution in [-0.4, -0.2) is 49.6 Å². The van der Waals surface area contributed by atoms with E-state index in [9.17, 15) is 14.9 Å². The van der Waals surface area contributed by atoms with Crippen LogP contribution >= 0.6 is 15.9 Å². The van der Waals surface area contributed by atoms with E-state index in [4.69, 9.17) is 9.47 Å². The van der Waals surface area contributed by atoms with Crippen LogP contribution in [0.5, 0.6) is 11.5 Å². The third kappa shape index (κ3) is 2.64. The Hall–Kier alpha value is -2.65. The fraction of sp³-hybridized carbons (Fsp3) is 0.350. The van der Waals surface area contributed by atoms with Crippen LogP contribution in [0.2, 0.25) is 0 Å². The number of hydrogen-bond donors (Lipinski definition) is 1. The summed E-state index contributed by atoms with van der Waals surface area (Å²) in [6.07, 6.45) is 0. The average Bonchev–Trinajstić information content (AvgIpc) is 3.17. The zero-order valence-electron chi connectivity index (χ0n) is 16.1. The highest BCUT2D eigenvalue weighted by atomic mass is 79.9. The van der Waals surface area contributed by atoms with Crippen molar-refractivity contribution in [2.45, 2.75) is 17.5 Å². The second-order valence-electron chi connectivity index (χ2n) is 7.22. The normalized spacial score (nSPS) is 25.7. The first-order valence-electron chi connectivity index (χ1n) is 9.03. The maximum atomic E-state index is 13.1. The van der Waals surface area contributed by atoms with Gasteiger partial charge in [-0.2, -0.15) is 0 Å². The van der Waals surface area contributed by atoms with Crippen LogP contribution in [0, 0.1) is 10.1 Å². The van der Waals surface area contributed by atoms with Gasteiger partial charge in [0, 0.05) is 22.7 Å². The molecule has 2 heterocycles. The van der Waals surface area contributed by atoms with Crippen molar-refractivity contribution in [3.63, 3.8) is 0 Å². The van der Waals surface area contributed by atoms with E-state index >= 15 is 0 Å². The Labute approximate surface area is 176 Å². The molecule has 1 amide bonds. The maximum absolute atomic E-state index is 13.1. The Morgan fingerprint density at radius 1 is 1.28 bits per heavy atom. The Kier molecular flexibility index (Phi) is 4.74. The number of ether oxygens (including phenoxy) is 2. The van der Waals surface area contributed by atoms with E-state index < -0.39 is 17.5 Å². The number of nitrogens with one attached hydrogen (secondary N) is 1. The second-order valence-corrected chi connectivity index (χ2v) is 8.08. The number of fused-ring (bicyclic) bond motifs is 2. The third-order valence-electron chi connectivity index (χ3n) is 5.93. The van der Waals surface area contributed by atoms with Gasteiger partial charge in [0.2, 0.25) is 0 Å². The highest BCUT2D eigenvalue weighted by Gasteiger charge is 2.68. The number of amides is 1. The van der Waals surface area contributed by atoms with Gasteiger partial charge >= 0.3 is 0 Å². The Balaban J connectivity index is 1.90. The molecule has 0 radical (unpaired) electrons. The van der Waals surface area contributed by atoms with Crippen LogP contribution in [0.15, 0.2) is 40.9 Å². The fourth-order valence-corrected chi connectivity index (χ4v) is 5.35. The molecule has 0 aliphatic carbocycles. The second kappa shape index (κ2) is 7.00. The van der Waals surface area contributed by atoms with E-state index in [1.165, 1.54) is 14.2 Å². The molecule has 1 N–H and O–H groups in total. The van der Waals surface area contributed by atoms with Gasteiger partial charge in [-0.25, -0.2) is 0 Å². The zero-order chi connectivity index (χ0) is 20.9. The van der Waals surface area contributed by atoms with E-state index in [2.05, 4.69) is 21.2 Å². The van der Waals surface area contributed by atoms with Crippen LogP contribution in [0.1, 0.15) is 17.0 Å². The van der Waals surface area contributed by atoms with Crippen molar-refractivity contribution in [3.8, 4) is 11.5 Å². The molecule has 152 valence electrons. The third-order valence-corrected chi connectivity index (χ3v) is 6.51. The van der Waals surface area contributed by atoms with Crippen molar-refractivity contribution in [1.29, 1.82) is 0 Å². The number of nitrogens with zero attached hydrogens (tertiary/aromatic N) is 2. The minimum absolute atomic E-state index is 0.333. The number of halogens is 1. The Morgan fingerprint density at radius 3 is 2.66 bits per heavy atom. The summed E-state index contributed by atoms with van der Waals surface area (Å²) in [7, 11) is 4.80. The molecule has 1 fully saturated rings. The molecule has 2 aromatic rings. The number of anilines is 1. The number of carbonyl (C=O) groups is 1. The van der Waals surface area contributed by atoms with Crippen molar-refractivity contribution >= 4 is 27.5 Å². The van der Waals surface area contributed by atoms with Gasteiger partial charge in [-0.05, 0) is 46.7 Å². The molecule has 2 aromatic carbocycles. The summed E-state index contributed by atoms with van der Waals surface area (Å²) >= 11 is 3.46. The van der Waals surface area contributed by atoms with Gasteiger partial charge in [-0.1, -0.05) is 18.2 Å². The first-order valence-corrected chi connectivity index (χ1v) is 9.82. The molecular weight excluding hydrogens is 442 g/mol. The zero-order valence-corrected chi connectivity index (χ0v) is 17.7. The topological polar surface area (TPSA) is 93.9 Å². The van der Waals surface area contributed by atoms with Crippen LogP contribution in [0.4, 0.5) is 5.69 Å². The molecule has 3 atom stereocenters. The number of benzene rings is 2. The van der Waals surface area contributed by atoms with E-state index in [1.54, 1.807) is 48.3 Å². The van der Waals surface area contributed by atoms with Crippen LogP contribution in [0.25, 0.3) is 0 Å². The highest BCUT2D eigenvalue weighted by molar-refractivity contribution is 9.10. The molecule has 0 saturated carbocycles. The molecule has 1 spiro atoms. The van der Waals surface area contributed by atoms with Crippen molar-refractivity contribution in [3.05, 3.63) is 62.1 Å². The summed E-state index contributed by atoms with van der Waals surface area (Å²) < 4.78 is 11.4. The monoisotopic (exact) mass is 461 g/mol. The van der Waals surface area contributed by atoms with Gasteiger partial charge in [0.1, 0.15) is 0 Å². The highest BCUT2D eigenvalue weighted by Crippen LogP contribution is 2.53. The summed E-state index contributed by atoms with van der Waals surface area (Å²) in [5.74, 6) is 0.0886. The molecule has 2 aliphatic heterocycles. The first kappa shape index (κ1) is 19.7. The van der Waals surface area contributed by atoms with Gasteiger partial charge in [0.25, 0.3) is 11.9 Å². The molecule has 2 aliphatic rings. The van der Waals surface area contributed by atoms with E-state index in [0.717, 1.165) is 0 Å². The lowest BCUT2D eigenvalue weighted by atomic mass is 9.79. The van der Waals surface area contributed by atoms with Gasteiger partial charge in [-0.15, -0.1) is 0 Å². The number of hydrogen-bond acceptors (Lipinski definition) is 6. The summed E-state index contributed by atoms with van der Waals surface area (Å²) in [5.41, 5.74) is 0.587. The number of likely N-dealkylation sites (tertiary alicyclic amines) is 1. The Morgan fingerprint density at radius 2 is 2.00 bits per heavy atom. The van der Waals surface area contributed by atoms with Crippen molar-refractivity contribution in [2.24, 2.45) is 0 Å². The average molecular weight is 462 g/mol. The predicted molar refractivity (Wildman–Crippen MR) is 110 cm³/mol. The number of nitro groups is 1. The summed E-state index contributed by atoms with van der Waals surface area (Å²) in [6.45, 7) is 0.343. The van der Waals surface area contributed by atoms with Gasteiger partial charge < -0.3 is 14.8 Å². The lowest BCUT2D eigenvalue weighted by Gasteiger charge is -2.30. The van der Waals surface area contributed by atoms with E-state index in [1.807, 2.05) is 0 Å². The first-order chi connectivity index (χ1) is 13.9. The lowest BCUT2D eigenvalue weighted by Crippen LogP contribution is -2.54. The molecule has 0 aromatic heterocycles. The standard InChI is InChI=1S/C20H20BrN3O5/c1-23-10-12(11-8-14(21)17(29-3)16(9-11)28-2)18(24(26)27)20(23)13-6-4-5-7-15(13)22-19(20)25/h4-9,12,18H,10H2,1-3H3,(H,22,25)/t12-,18-,20-/m0/s1. The SMILES string of the molecule is COc1cc([C@@H]2CN(C)[C@]3(C(=O)Nc4ccccc43)[C@H]2[N+](=O)[O-])cc(Br)c1OC. The van der Waals surface area contributed by atoms with E-state index in [0.29, 0.717) is 39.3 Å². The largest absolute Gasteiger partial charge is 0.493 e. The lowest BCUT2D eigenvalue weighted by molar-refractivity contribution is -0.534. The van der Waals surface area contributed by atoms with Crippen LogP contribution in [0.3, 0.4) is 0 Å². The van der Waals surface area contributed by atoms with Gasteiger partial charge in [0.05, 0.1) is 24.6 Å².